The fourth-order valence-electron chi connectivity index (χ4n) is 7.84. The third-order valence-electron chi connectivity index (χ3n) is 9.06. The van der Waals surface area contributed by atoms with Gasteiger partial charge >= 0.3 is 0 Å². The van der Waals surface area contributed by atoms with Crippen LogP contribution in [-0.2, 0) is 21.9 Å². The average Bonchev–Trinajstić information content (AvgIpc) is 3.44. The highest BCUT2D eigenvalue weighted by Crippen LogP contribution is 2.55. The Labute approximate surface area is 229 Å². The molecule has 0 spiro atoms. The quantitative estimate of drug-likeness (QED) is 0.398. The van der Waals surface area contributed by atoms with Gasteiger partial charge < -0.3 is 5.32 Å². The molecule has 4 saturated carbocycles. The van der Waals surface area contributed by atoms with E-state index in [-0.39, 0.29) is 18.7 Å². The lowest BCUT2D eigenvalue weighted by Gasteiger charge is -2.57. The van der Waals surface area contributed by atoms with Crippen molar-refractivity contribution < 1.29 is 19.2 Å². The lowest BCUT2D eigenvalue weighted by Crippen LogP contribution is -2.58. The second-order valence-electron chi connectivity index (χ2n) is 11.7. The van der Waals surface area contributed by atoms with Gasteiger partial charge in [0.1, 0.15) is 11.0 Å². The van der Waals surface area contributed by atoms with E-state index in [4.69, 9.17) is 4.98 Å². The molecular weight excluding hydrogens is 520 g/mol. The standard InChI is InChI=1S/C28H30N4O4S2/c33-22-5-4-20(25(34)31-22)32-26(35)19-2-1-3-21(24(19)27(32)36)37-13-18-14-38-23(30-18)12-29-28-9-15-6-16(10-28)8-17(7-15)11-28/h1-3,14-17,20,29H,4-13H2,(H,31,33,34). The first kappa shape index (κ1) is 24.5. The molecule has 4 bridgehead atoms. The zero-order valence-corrected chi connectivity index (χ0v) is 22.7. The molecule has 6 aliphatic rings. The van der Waals surface area contributed by atoms with Crippen LogP contribution in [0.2, 0.25) is 0 Å². The van der Waals surface area contributed by atoms with Crippen LogP contribution in [0.4, 0.5) is 0 Å². The summed E-state index contributed by atoms with van der Waals surface area (Å²) in [6.45, 7) is 0.802. The summed E-state index contributed by atoms with van der Waals surface area (Å²) in [5.74, 6) is 1.39. The summed E-state index contributed by atoms with van der Waals surface area (Å²) in [5, 5.41) is 9.33. The van der Waals surface area contributed by atoms with Crippen molar-refractivity contribution in [2.75, 3.05) is 0 Å². The van der Waals surface area contributed by atoms with Crippen LogP contribution in [0.3, 0.4) is 0 Å². The Morgan fingerprint density at radius 2 is 1.79 bits per heavy atom. The predicted molar refractivity (Wildman–Crippen MR) is 143 cm³/mol. The minimum atomic E-state index is -0.958. The molecule has 38 heavy (non-hydrogen) atoms. The molecule has 1 aromatic heterocycles. The molecular formula is C28H30N4O4S2. The molecule has 2 N–H and O–H groups in total. The summed E-state index contributed by atoms with van der Waals surface area (Å²) in [5.41, 5.74) is 1.91. The molecule has 1 saturated heterocycles. The summed E-state index contributed by atoms with van der Waals surface area (Å²) in [4.78, 5) is 56.9. The van der Waals surface area contributed by atoms with Crippen molar-refractivity contribution in [3.05, 3.63) is 45.4 Å². The van der Waals surface area contributed by atoms with Crippen LogP contribution in [0.15, 0.2) is 28.5 Å². The third-order valence-corrected chi connectivity index (χ3v) is 11.0. The van der Waals surface area contributed by atoms with E-state index in [1.807, 2.05) is 6.07 Å². The maximum atomic E-state index is 13.3. The zero-order chi connectivity index (χ0) is 26.0. The SMILES string of the molecule is O=C1CCC(N2C(=O)c3cccc(SCc4csc(CNC56CC7CC(CC(C7)C5)C6)n4)c3C2=O)C(=O)N1. The number of hydrogen-bond acceptors (Lipinski definition) is 8. The minimum absolute atomic E-state index is 0.106. The van der Waals surface area contributed by atoms with Crippen LogP contribution >= 0.6 is 23.1 Å². The third kappa shape index (κ3) is 4.21. The summed E-state index contributed by atoms with van der Waals surface area (Å²) in [6, 6.07) is 4.27. The van der Waals surface area contributed by atoms with Gasteiger partial charge in [0.2, 0.25) is 11.8 Å². The zero-order valence-electron chi connectivity index (χ0n) is 21.0. The number of nitrogens with zero attached hydrogens (tertiary/aromatic N) is 2. The fourth-order valence-corrected chi connectivity index (χ4v) is 9.65. The molecule has 1 unspecified atom stereocenters. The number of amides is 4. The number of carbonyl (C=O) groups excluding carboxylic acids is 4. The van der Waals surface area contributed by atoms with Gasteiger partial charge in [-0.2, -0.15) is 0 Å². The predicted octanol–water partition coefficient (Wildman–Crippen LogP) is 3.90. The van der Waals surface area contributed by atoms with Crippen LogP contribution in [0, 0.1) is 17.8 Å². The molecule has 2 aromatic rings. The second-order valence-corrected chi connectivity index (χ2v) is 13.7. The van der Waals surface area contributed by atoms with Gasteiger partial charge in [-0.25, -0.2) is 4.98 Å². The van der Waals surface area contributed by atoms with Crippen molar-refractivity contribution in [1.82, 2.24) is 20.5 Å². The number of aromatic nitrogens is 1. The molecule has 10 heteroatoms. The monoisotopic (exact) mass is 550 g/mol. The lowest BCUT2D eigenvalue weighted by atomic mass is 9.53. The summed E-state index contributed by atoms with van der Waals surface area (Å²) >= 11 is 3.15. The molecule has 8 rings (SSSR count). The number of nitrogens with one attached hydrogen (secondary N) is 2. The van der Waals surface area contributed by atoms with Crippen LogP contribution in [0.25, 0.3) is 0 Å². The van der Waals surface area contributed by atoms with Crippen molar-refractivity contribution in [3.8, 4) is 0 Å². The van der Waals surface area contributed by atoms with E-state index in [0.29, 0.717) is 27.3 Å². The van der Waals surface area contributed by atoms with Crippen LogP contribution in [-0.4, -0.2) is 45.1 Å². The van der Waals surface area contributed by atoms with Gasteiger partial charge in [-0.15, -0.1) is 23.1 Å². The van der Waals surface area contributed by atoms with Crippen LogP contribution in [0.5, 0.6) is 0 Å². The molecule has 3 heterocycles. The first-order valence-corrected chi connectivity index (χ1v) is 15.4. The molecule has 5 fully saturated rings. The molecule has 1 atom stereocenters. The first-order chi connectivity index (χ1) is 18.4. The second kappa shape index (κ2) is 9.27. The highest BCUT2D eigenvalue weighted by Gasteiger charge is 2.50. The van der Waals surface area contributed by atoms with Crippen molar-refractivity contribution in [1.29, 1.82) is 0 Å². The Balaban J connectivity index is 1.01. The molecule has 1 aromatic carbocycles. The summed E-state index contributed by atoms with van der Waals surface area (Å²) in [6.07, 6.45) is 8.50. The molecule has 2 aliphatic heterocycles. The van der Waals surface area contributed by atoms with E-state index in [9.17, 15) is 19.2 Å². The van der Waals surface area contributed by atoms with Gasteiger partial charge in [0.15, 0.2) is 0 Å². The van der Waals surface area contributed by atoms with E-state index >= 15 is 0 Å². The number of thioether (sulfide) groups is 1. The van der Waals surface area contributed by atoms with Crippen molar-refractivity contribution in [3.63, 3.8) is 0 Å². The van der Waals surface area contributed by atoms with Gasteiger partial charge in [0, 0.05) is 34.5 Å². The van der Waals surface area contributed by atoms with Gasteiger partial charge in [0.25, 0.3) is 11.8 Å². The van der Waals surface area contributed by atoms with Gasteiger partial charge in [-0.3, -0.25) is 29.4 Å². The average molecular weight is 551 g/mol. The van der Waals surface area contributed by atoms with Gasteiger partial charge in [-0.1, -0.05) is 6.07 Å². The van der Waals surface area contributed by atoms with Gasteiger partial charge in [0.05, 0.1) is 16.8 Å². The maximum absolute atomic E-state index is 13.3. The Hall–Kier alpha value is -2.56. The topological polar surface area (TPSA) is 108 Å². The fraction of sp³-hybridized carbons (Fsp3) is 0.536. The number of carbonyl (C=O) groups is 4. The normalized spacial score (nSPS) is 31.7. The minimum Gasteiger partial charge on any atom is -0.305 e. The number of thiazole rings is 1. The Kier molecular flexibility index (Phi) is 5.97. The van der Waals surface area contributed by atoms with E-state index in [0.717, 1.165) is 39.9 Å². The van der Waals surface area contributed by atoms with Crippen LogP contribution in [0.1, 0.15) is 82.8 Å². The Morgan fingerprint density at radius 1 is 1.05 bits per heavy atom. The molecule has 0 radical (unpaired) electrons. The lowest BCUT2D eigenvalue weighted by molar-refractivity contribution is -0.136. The highest BCUT2D eigenvalue weighted by molar-refractivity contribution is 7.98. The number of benzene rings is 1. The van der Waals surface area contributed by atoms with Crippen molar-refractivity contribution in [2.24, 2.45) is 17.8 Å². The maximum Gasteiger partial charge on any atom is 0.263 e. The Bertz CT molecular complexity index is 1320. The number of fused-ring (bicyclic) bond motifs is 1. The number of hydrogen-bond donors (Lipinski definition) is 2. The van der Waals surface area contributed by atoms with E-state index in [2.05, 4.69) is 16.0 Å². The van der Waals surface area contributed by atoms with E-state index < -0.39 is 23.8 Å². The molecule has 4 aliphatic carbocycles. The number of rotatable bonds is 7. The van der Waals surface area contributed by atoms with E-state index in [1.54, 1.807) is 23.5 Å². The van der Waals surface area contributed by atoms with Crippen molar-refractivity contribution in [2.45, 2.75) is 80.1 Å². The largest absolute Gasteiger partial charge is 0.305 e. The number of imide groups is 2. The summed E-state index contributed by atoms with van der Waals surface area (Å²) in [7, 11) is 0. The van der Waals surface area contributed by atoms with Gasteiger partial charge in [-0.05, 0) is 74.8 Å². The van der Waals surface area contributed by atoms with Crippen molar-refractivity contribution >= 4 is 46.7 Å². The molecule has 198 valence electrons. The first-order valence-electron chi connectivity index (χ1n) is 13.5. The smallest absolute Gasteiger partial charge is 0.263 e. The number of piperidine rings is 1. The van der Waals surface area contributed by atoms with Crippen LogP contribution < -0.4 is 10.6 Å². The Morgan fingerprint density at radius 3 is 2.50 bits per heavy atom. The summed E-state index contributed by atoms with van der Waals surface area (Å²) < 4.78 is 0. The van der Waals surface area contributed by atoms with E-state index in [1.165, 1.54) is 50.3 Å². The highest BCUT2D eigenvalue weighted by atomic mass is 32.2. The molecule has 4 amide bonds. The molecule has 8 nitrogen and oxygen atoms in total.